The quantitative estimate of drug-likeness (QED) is 0.0151. The number of aromatic hydroxyl groups is 2. The Morgan fingerprint density at radius 1 is 0.400 bits per heavy atom. The van der Waals surface area contributed by atoms with Gasteiger partial charge in [0.15, 0.2) is 25.0 Å². The number of aliphatic hydroxyl groups is 2. The first kappa shape index (κ1) is 107. The molecule has 0 saturated heterocycles. The highest BCUT2D eigenvalue weighted by Gasteiger charge is 2.41. The Labute approximate surface area is 775 Å². The number of rotatable bonds is 26. The minimum Gasteiger partial charge on any atom is -0.508 e. The number of alkyl halides is 4. The Bertz CT molecular complexity index is 5710. The summed E-state index contributed by atoms with van der Waals surface area (Å²) in [4.78, 5) is 37.4. The molecule has 0 bridgehead atoms. The minimum absolute atomic E-state index is 0.0273. The van der Waals surface area contributed by atoms with Crippen molar-refractivity contribution in [2.24, 2.45) is 0 Å². The lowest BCUT2D eigenvalue weighted by molar-refractivity contribution is 0.0815. The summed E-state index contributed by atoms with van der Waals surface area (Å²) in [6.07, 6.45) is -2.84. The maximum atomic E-state index is 13.6. The van der Waals surface area contributed by atoms with Gasteiger partial charge >= 0.3 is 7.12 Å². The number of nitrogens with zero attached hydrogens (tertiary/aromatic N) is 7. The van der Waals surface area contributed by atoms with E-state index in [9.17, 15) is 27.5 Å². The first-order valence-electron chi connectivity index (χ1n) is 42.6. The Balaban J connectivity index is 0.000000215. The van der Waals surface area contributed by atoms with Crippen molar-refractivity contribution >= 4 is 132 Å². The van der Waals surface area contributed by atoms with Crippen LogP contribution in [0.1, 0.15) is 62.3 Å². The first-order chi connectivity index (χ1) is 61.0. The number of aromatic nitrogens is 5. The summed E-state index contributed by atoms with van der Waals surface area (Å²) in [6.45, 7) is 29.2. The Morgan fingerprint density at radius 2 is 0.723 bits per heavy atom. The number of ether oxygens (including phenoxy) is 3. The molecular weight excluding hydrogens is 1750 g/mol. The van der Waals surface area contributed by atoms with Gasteiger partial charge in [-0.15, -0.1) is 0 Å². The third-order valence-electron chi connectivity index (χ3n) is 22.4. The van der Waals surface area contributed by atoms with Crippen molar-refractivity contribution in [2.45, 2.75) is 141 Å². The normalized spacial score (nSPS) is 12.6. The molecule has 7 N–H and O–H groups in total. The van der Waals surface area contributed by atoms with Crippen molar-refractivity contribution < 1.29 is 75.5 Å². The van der Waals surface area contributed by atoms with Crippen molar-refractivity contribution in [1.29, 1.82) is 0 Å². The lowest BCUT2D eigenvalue weighted by atomic mass is 9.80. The van der Waals surface area contributed by atoms with Gasteiger partial charge in [-0.3, -0.25) is 4.79 Å². The fourth-order valence-electron chi connectivity index (χ4n) is 11.6. The van der Waals surface area contributed by atoms with E-state index in [2.05, 4.69) is 162 Å². The van der Waals surface area contributed by atoms with E-state index >= 15 is 0 Å². The second-order valence-electron chi connectivity index (χ2n) is 36.3. The van der Waals surface area contributed by atoms with Gasteiger partial charge in [-0.2, -0.15) is 0 Å². The average molecular weight is 1880 g/mol. The van der Waals surface area contributed by atoms with Crippen LogP contribution in [0.5, 0.6) is 28.7 Å². The molecule has 0 aliphatic rings. The van der Waals surface area contributed by atoms with Crippen molar-refractivity contribution in [3.05, 3.63) is 245 Å². The molecule has 0 aliphatic heterocycles. The zero-order valence-corrected chi connectivity index (χ0v) is 82.9. The summed E-state index contributed by atoms with van der Waals surface area (Å²) in [5.74, 6) is 2.40. The predicted octanol–water partition coefficient (Wildman–Crippen LogP) is 21.6. The van der Waals surface area contributed by atoms with Crippen molar-refractivity contribution in [2.75, 3.05) is 110 Å². The monoisotopic (exact) mass is 1880 g/mol. The van der Waals surface area contributed by atoms with Crippen molar-refractivity contribution in [3.8, 4) is 51.3 Å². The third kappa shape index (κ3) is 32.9. The molecule has 13 aromatic rings. The van der Waals surface area contributed by atoms with Gasteiger partial charge in [-0.25, -0.2) is 37.5 Å². The van der Waals surface area contributed by atoms with E-state index in [-0.39, 0.29) is 58.6 Å². The highest BCUT2D eigenvalue weighted by molar-refractivity contribution is 6.75. The molecule has 21 nitrogen and oxygen atoms in total. The number of anilines is 3. The van der Waals surface area contributed by atoms with E-state index in [0.717, 1.165) is 94.1 Å². The van der Waals surface area contributed by atoms with Gasteiger partial charge in [0.05, 0.1) is 46.2 Å². The van der Waals surface area contributed by atoms with E-state index < -0.39 is 83.2 Å². The summed E-state index contributed by atoms with van der Waals surface area (Å²) >= 11 is 11.6. The number of phenols is 2. The molecule has 8 aromatic carbocycles. The van der Waals surface area contributed by atoms with Gasteiger partial charge in [0, 0.05) is 109 Å². The topological polar surface area (TPSA) is 271 Å². The molecular formula is C99H127BCl2F4N8O13Si3. The molecule has 130 heavy (non-hydrogen) atoms. The molecule has 4 unspecified atom stereocenters. The maximum absolute atomic E-state index is 13.6. The largest absolute Gasteiger partial charge is 0.508 e. The van der Waals surface area contributed by atoms with Gasteiger partial charge in [0.1, 0.15) is 104 Å². The van der Waals surface area contributed by atoms with Crippen LogP contribution in [-0.4, -0.2) is 207 Å². The second kappa shape index (κ2) is 48.8. The summed E-state index contributed by atoms with van der Waals surface area (Å²) < 4.78 is 86.5. The number of aliphatic hydroxyl groups excluding tert-OH is 2. The Hall–Kier alpha value is -10.3. The van der Waals surface area contributed by atoms with Gasteiger partial charge < -0.3 is 77.6 Å². The van der Waals surface area contributed by atoms with Crippen molar-refractivity contribution in [3.63, 3.8) is 0 Å². The van der Waals surface area contributed by atoms with Gasteiger partial charge in [0.25, 0.3) is 0 Å². The predicted molar refractivity (Wildman–Crippen MR) is 535 cm³/mol. The van der Waals surface area contributed by atoms with Crippen LogP contribution in [0.4, 0.5) is 34.6 Å². The highest BCUT2D eigenvalue weighted by atomic mass is 35.5. The molecule has 0 amide bonds. The van der Waals surface area contributed by atoms with Gasteiger partial charge in [-0.05, 0) is 230 Å². The second-order valence-corrected chi connectivity index (χ2v) is 51.4. The minimum atomic E-state index is -2.05. The molecule has 5 heterocycles. The fourth-order valence-corrected chi connectivity index (χ4v) is 15.9. The van der Waals surface area contributed by atoms with E-state index in [1.54, 1.807) is 66.7 Å². The fraction of sp³-hybridized carbons (Fsp3) is 0.364. The lowest BCUT2D eigenvalue weighted by Crippen LogP contribution is -2.46. The van der Waals surface area contributed by atoms with Crippen LogP contribution >= 0.6 is 23.2 Å². The molecule has 0 spiro atoms. The number of hydrogen-bond acceptors (Lipinski definition) is 20. The van der Waals surface area contributed by atoms with Crippen LogP contribution in [0.3, 0.4) is 0 Å². The van der Waals surface area contributed by atoms with Crippen molar-refractivity contribution in [1.82, 2.24) is 24.9 Å². The van der Waals surface area contributed by atoms with E-state index in [0.29, 0.717) is 33.0 Å². The van der Waals surface area contributed by atoms with Crippen LogP contribution < -0.4 is 39.9 Å². The van der Waals surface area contributed by atoms with Crippen LogP contribution in [0.25, 0.3) is 77.0 Å². The van der Waals surface area contributed by atoms with Gasteiger partial charge in [0.2, 0.25) is 5.56 Å². The number of fused-ring (bicyclic) bond motifs is 5. The molecule has 4 atom stereocenters. The van der Waals surface area contributed by atoms with Gasteiger partial charge in [-0.1, -0.05) is 134 Å². The van der Waals surface area contributed by atoms with E-state index in [1.807, 2.05) is 157 Å². The summed E-state index contributed by atoms with van der Waals surface area (Å²) in [5, 5.41) is 59.5. The number of aromatic amines is 1. The number of H-pyrrole nitrogens is 1. The summed E-state index contributed by atoms with van der Waals surface area (Å²) in [7, 11) is 4.58. The number of hydrogen-bond donors (Lipinski definition) is 7. The molecule has 5 aromatic heterocycles. The summed E-state index contributed by atoms with van der Waals surface area (Å²) in [5.41, 5.74) is 11.8. The number of nitrogens with one attached hydrogen (secondary N) is 1. The third-order valence-corrected chi connectivity index (χ3v) is 36.4. The summed E-state index contributed by atoms with van der Waals surface area (Å²) in [6, 6.07) is 68.5. The van der Waals surface area contributed by atoms with Crippen LogP contribution in [0, 0.1) is 0 Å². The molecule has 0 aliphatic carbocycles. The first-order valence-corrected chi connectivity index (χ1v) is 52.1. The maximum Gasteiger partial charge on any atom is 0.488 e. The zero-order valence-electron chi connectivity index (χ0n) is 78.3. The zero-order chi connectivity index (χ0) is 96.2. The highest BCUT2D eigenvalue weighted by Crippen LogP contribution is 2.41. The number of halogens is 6. The molecule has 13 rings (SSSR count). The molecule has 0 fully saturated rings. The smallest absolute Gasteiger partial charge is 0.488 e. The number of phenolic OH excluding ortho intramolecular Hbond substituents is 2. The number of benzene rings is 8. The van der Waals surface area contributed by atoms with Crippen LogP contribution in [0.15, 0.2) is 229 Å². The Morgan fingerprint density at radius 3 is 1.08 bits per heavy atom. The number of pyridine rings is 5. The molecule has 0 radical (unpaired) electrons. The SMILES string of the molecule is CC(C)(C)[Si](C)(C)OC(CF)COc1ccc2nc(Cl)ccc2c1.CC(C)(C)[Si](C)(C)OC(CO)CF.CN(C)c1ccc(-c2ccc3cc(OCC(CF)O[Si](C)(C)C(C)(C)C)ccc3n2)cc1.CN(C)c1ccc(-c2ccc3cc(OCC(O)CF)ccc3n2)cc1.CN(C)c1ccc(B(O)O)cc1.O=c1ccc2cc(O)ccc2[nH]1.Oc1ccc2nc(Cl)ccc2c1. The lowest BCUT2D eigenvalue weighted by Gasteiger charge is -2.38. The molecule has 31 heteroatoms. The standard InChI is InChI=1S/C26H35FN2O2Si.C20H21FN2O2.C18H25ClFNO2Si.C9H6ClNO.C9H21FO2Si.C9H7NO2.C8H12BNO2/c1-26(2,3)32(6,7)31-23(17-27)18-30-22-13-15-25-20(16-22)10-14-24(28-25)19-8-11-21(12-9-19)29(4)5;1-23(2)16-6-3-14(4-7-16)19-9-5-15-11-18(8-10-20(15)22-19)25-13-17(24)12-21;1-18(2,3)24(4,5)23-15(11-20)12-22-14-7-8-16-13(10-14)6-9-17(19)21-16;10-9-4-1-6-5-7(12)2-3-8(6)11-9;1-9(2,3)13(4,5)12-8(6-10)7-11;11-7-2-3-8-6(5-7)1-4-9(12)10-8;1-10(2)8-5-3-7(4-6-8)9(11)12/h8-16,23H,17-18H2,1-7H3;3-11,17,24H,12-13H2,1-2H3;6-10,15H,11-12H2,1-5H3;1-5,12H;8,11H,6-7H2,1-5H3;1-5,11H,(H,10,12);3-6,11-12H,1-2H3. The van der Waals surface area contributed by atoms with Crippen LogP contribution in [-0.2, 0) is 13.3 Å². The molecule has 0 saturated carbocycles. The van der Waals surface area contributed by atoms with E-state index in [1.165, 1.54) is 12.1 Å². The van der Waals surface area contributed by atoms with E-state index in [4.69, 9.17) is 86.0 Å². The average Bonchev–Trinajstić information content (AvgIpc) is 0.694. The van der Waals surface area contributed by atoms with Crippen LogP contribution in [0.2, 0.25) is 64.7 Å². The Kier molecular flexibility index (Phi) is 40.1. The molecule has 698 valence electrons.